The third kappa shape index (κ3) is 2.01. The molecule has 1 aromatic rings. The first-order chi connectivity index (χ1) is 6.29. The van der Waals surface area contributed by atoms with Crippen molar-refractivity contribution in [1.29, 1.82) is 0 Å². The number of fused-ring (bicyclic) bond motifs is 1. The van der Waals surface area contributed by atoms with Gasteiger partial charge < -0.3 is 10.6 Å². The molecule has 1 heterocycles. The van der Waals surface area contributed by atoms with Crippen LogP contribution in [0.2, 0.25) is 0 Å². The zero-order valence-electron chi connectivity index (χ0n) is 7.34. The summed E-state index contributed by atoms with van der Waals surface area (Å²) in [5, 5.41) is 6.00. The van der Waals surface area contributed by atoms with Crippen LogP contribution < -0.4 is 10.6 Å². The van der Waals surface area contributed by atoms with Gasteiger partial charge in [-0.3, -0.25) is 4.79 Å². The number of carbonyl (C=O) groups excluding carboxylic acids is 1. The van der Waals surface area contributed by atoms with Crippen molar-refractivity contribution in [2.24, 2.45) is 0 Å². The van der Waals surface area contributed by atoms with Crippen molar-refractivity contribution in [2.45, 2.75) is 0 Å². The summed E-state index contributed by atoms with van der Waals surface area (Å²) in [6.07, 6.45) is 0. The number of anilines is 1. The normalized spacial score (nSPS) is 14.2. The highest BCUT2D eigenvalue weighted by Crippen LogP contribution is 2.26. The Morgan fingerprint density at radius 3 is 2.71 bits per heavy atom. The minimum Gasteiger partial charge on any atom is -0.382 e. The average molecular weight is 278 g/mol. The van der Waals surface area contributed by atoms with E-state index in [1.807, 2.05) is 18.2 Å². The number of hydrogen-bond acceptors (Lipinski definition) is 2. The molecule has 1 aromatic carbocycles. The number of nitrogens with one attached hydrogen (secondary N) is 2. The van der Waals surface area contributed by atoms with Gasteiger partial charge >= 0.3 is 0 Å². The molecule has 0 spiro atoms. The summed E-state index contributed by atoms with van der Waals surface area (Å²) in [4.78, 5) is 11.5. The van der Waals surface area contributed by atoms with E-state index in [1.54, 1.807) is 0 Å². The van der Waals surface area contributed by atoms with E-state index in [4.69, 9.17) is 0 Å². The topological polar surface area (TPSA) is 41.1 Å². The van der Waals surface area contributed by atoms with Crippen molar-refractivity contribution in [1.82, 2.24) is 5.32 Å². The molecule has 0 aliphatic carbocycles. The van der Waals surface area contributed by atoms with Crippen molar-refractivity contribution in [2.75, 3.05) is 18.4 Å². The number of halogens is 2. The Balaban J connectivity index is 0.000000980. The van der Waals surface area contributed by atoms with Crippen LogP contribution in [-0.2, 0) is 0 Å². The van der Waals surface area contributed by atoms with E-state index in [0.29, 0.717) is 12.1 Å². The highest BCUT2D eigenvalue weighted by molar-refractivity contribution is 9.10. The van der Waals surface area contributed by atoms with Gasteiger partial charge in [0.05, 0.1) is 11.3 Å². The molecule has 5 heteroatoms. The third-order valence-corrected chi connectivity index (χ3v) is 2.63. The van der Waals surface area contributed by atoms with Crippen LogP contribution in [0.25, 0.3) is 0 Å². The zero-order valence-corrected chi connectivity index (χ0v) is 9.74. The molecule has 0 bridgehead atoms. The summed E-state index contributed by atoms with van der Waals surface area (Å²) in [7, 11) is 0. The molecule has 1 aliphatic heterocycles. The van der Waals surface area contributed by atoms with Gasteiger partial charge in [-0.15, -0.1) is 12.4 Å². The van der Waals surface area contributed by atoms with Gasteiger partial charge in [0.15, 0.2) is 0 Å². The molecule has 76 valence electrons. The molecule has 0 fully saturated rings. The van der Waals surface area contributed by atoms with Crippen LogP contribution in [0.1, 0.15) is 10.4 Å². The third-order valence-electron chi connectivity index (χ3n) is 1.97. The lowest BCUT2D eigenvalue weighted by Gasteiger charge is -2.07. The van der Waals surface area contributed by atoms with Crippen molar-refractivity contribution >= 4 is 39.9 Å². The quantitative estimate of drug-likeness (QED) is 0.762. The minimum atomic E-state index is -0.0127. The predicted octanol–water partition coefficient (Wildman–Crippen LogP) is 2.03. The number of carbonyl (C=O) groups is 1. The molecule has 0 saturated heterocycles. The molecular weight excluding hydrogens is 267 g/mol. The van der Waals surface area contributed by atoms with Crippen LogP contribution in [0, 0.1) is 0 Å². The number of amides is 1. The molecule has 2 N–H and O–H groups in total. The predicted molar refractivity (Wildman–Crippen MR) is 62.2 cm³/mol. The maximum atomic E-state index is 11.5. The summed E-state index contributed by atoms with van der Waals surface area (Å²) in [5.41, 5.74) is 1.59. The fourth-order valence-corrected chi connectivity index (χ4v) is 1.86. The van der Waals surface area contributed by atoms with Crippen LogP contribution in [0.15, 0.2) is 22.7 Å². The van der Waals surface area contributed by atoms with Crippen LogP contribution >= 0.6 is 28.3 Å². The highest BCUT2D eigenvalue weighted by atomic mass is 79.9. The first kappa shape index (κ1) is 11.3. The fraction of sp³-hybridized carbons (Fsp3) is 0.222. The Bertz CT molecular complexity index is 357. The summed E-state index contributed by atoms with van der Waals surface area (Å²) < 4.78 is 0.932. The van der Waals surface area contributed by atoms with Crippen molar-refractivity contribution in [3.8, 4) is 0 Å². The van der Waals surface area contributed by atoms with Crippen LogP contribution in [0.4, 0.5) is 5.69 Å². The number of para-hydroxylation sites is 1. The Morgan fingerprint density at radius 1 is 1.21 bits per heavy atom. The van der Waals surface area contributed by atoms with Crippen molar-refractivity contribution in [3.05, 3.63) is 28.2 Å². The summed E-state index contributed by atoms with van der Waals surface area (Å²) in [6, 6.07) is 5.59. The minimum absolute atomic E-state index is 0. The van der Waals surface area contributed by atoms with Gasteiger partial charge in [-0.2, -0.15) is 0 Å². The first-order valence-corrected chi connectivity index (χ1v) is 4.89. The van der Waals surface area contributed by atoms with E-state index < -0.39 is 0 Å². The van der Waals surface area contributed by atoms with Crippen molar-refractivity contribution in [3.63, 3.8) is 0 Å². The molecule has 0 radical (unpaired) electrons. The molecule has 0 aromatic heterocycles. The zero-order chi connectivity index (χ0) is 9.26. The van der Waals surface area contributed by atoms with E-state index in [0.717, 1.165) is 16.7 Å². The second-order valence-corrected chi connectivity index (χ2v) is 3.70. The molecule has 0 saturated carbocycles. The summed E-state index contributed by atoms with van der Waals surface area (Å²) in [5.74, 6) is -0.0127. The van der Waals surface area contributed by atoms with Crippen LogP contribution in [0.3, 0.4) is 0 Å². The van der Waals surface area contributed by atoms with Gasteiger partial charge in [0.25, 0.3) is 5.91 Å². The number of rotatable bonds is 0. The smallest absolute Gasteiger partial charge is 0.253 e. The lowest BCUT2D eigenvalue weighted by atomic mass is 10.1. The van der Waals surface area contributed by atoms with E-state index in [-0.39, 0.29) is 18.3 Å². The largest absolute Gasteiger partial charge is 0.382 e. The fourth-order valence-electron chi connectivity index (χ4n) is 1.35. The Hall–Kier alpha value is -0.740. The summed E-state index contributed by atoms with van der Waals surface area (Å²) in [6.45, 7) is 1.43. The van der Waals surface area contributed by atoms with Gasteiger partial charge in [-0.05, 0) is 28.1 Å². The van der Waals surface area contributed by atoms with Crippen LogP contribution in [0.5, 0.6) is 0 Å². The second kappa shape index (κ2) is 4.66. The standard InChI is InChI=1S/C9H9BrN2O.ClH/c10-7-3-1-2-6-8(7)11-4-5-12-9(6)13;/h1-3,11H,4-5H2,(H,12,13);1H. The van der Waals surface area contributed by atoms with Gasteiger partial charge in [0.1, 0.15) is 0 Å². The van der Waals surface area contributed by atoms with E-state index >= 15 is 0 Å². The SMILES string of the molecule is Cl.O=C1NCCNc2c(Br)cccc21. The Morgan fingerprint density at radius 2 is 1.93 bits per heavy atom. The lowest BCUT2D eigenvalue weighted by molar-refractivity contribution is 0.0958. The Labute approximate surface area is 96.8 Å². The molecule has 1 aliphatic rings. The number of hydrogen-bond donors (Lipinski definition) is 2. The molecule has 1 amide bonds. The maximum absolute atomic E-state index is 11.5. The Kier molecular flexibility index (Phi) is 3.77. The van der Waals surface area contributed by atoms with E-state index in [9.17, 15) is 4.79 Å². The molecule has 14 heavy (non-hydrogen) atoms. The van der Waals surface area contributed by atoms with E-state index in [1.165, 1.54) is 0 Å². The molecule has 2 rings (SSSR count). The lowest BCUT2D eigenvalue weighted by Crippen LogP contribution is -2.24. The van der Waals surface area contributed by atoms with Gasteiger partial charge in [-0.25, -0.2) is 0 Å². The van der Waals surface area contributed by atoms with Crippen LogP contribution in [-0.4, -0.2) is 19.0 Å². The first-order valence-electron chi connectivity index (χ1n) is 4.09. The average Bonchev–Trinajstić information content (AvgIpc) is 2.30. The van der Waals surface area contributed by atoms with E-state index in [2.05, 4.69) is 26.6 Å². The van der Waals surface area contributed by atoms with Gasteiger partial charge in [0.2, 0.25) is 0 Å². The van der Waals surface area contributed by atoms with Gasteiger partial charge in [-0.1, -0.05) is 6.07 Å². The molecular formula is C9H10BrClN2O. The maximum Gasteiger partial charge on any atom is 0.253 e. The van der Waals surface area contributed by atoms with Gasteiger partial charge in [0, 0.05) is 17.6 Å². The monoisotopic (exact) mass is 276 g/mol. The number of benzene rings is 1. The molecule has 0 atom stereocenters. The second-order valence-electron chi connectivity index (χ2n) is 2.85. The molecule has 3 nitrogen and oxygen atoms in total. The molecule has 0 unspecified atom stereocenters. The highest BCUT2D eigenvalue weighted by Gasteiger charge is 2.15. The van der Waals surface area contributed by atoms with Crippen molar-refractivity contribution < 1.29 is 4.79 Å². The summed E-state index contributed by atoms with van der Waals surface area (Å²) >= 11 is 3.40.